The molecule has 0 fully saturated rings. The molecule has 0 saturated carbocycles. The number of pyridine rings is 1. The average molecular weight is 451 g/mol. The van der Waals surface area contributed by atoms with Crippen molar-refractivity contribution in [2.24, 2.45) is 0 Å². The maximum absolute atomic E-state index is 12.9. The SMILES string of the molecule is Cc1cc(C)n(Cc2cccc(NC(=O)Cn3nc(C)c4c(-c5ccccc5)ccnc43)c2)n1. The van der Waals surface area contributed by atoms with Crippen molar-refractivity contribution < 1.29 is 4.79 Å². The van der Waals surface area contributed by atoms with Gasteiger partial charge in [0.05, 0.1) is 17.9 Å². The van der Waals surface area contributed by atoms with Gasteiger partial charge in [-0.2, -0.15) is 10.2 Å². The fourth-order valence-corrected chi connectivity index (χ4v) is 4.34. The van der Waals surface area contributed by atoms with E-state index < -0.39 is 0 Å². The molecule has 2 aromatic carbocycles. The van der Waals surface area contributed by atoms with Crippen molar-refractivity contribution in [2.45, 2.75) is 33.9 Å². The second kappa shape index (κ2) is 8.94. The number of nitrogens with one attached hydrogen (secondary N) is 1. The first kappa shape index (κ1) is 21.6. The quantitative estimate of drug-likeness (QED) is 0.399. The maximum atomic E-state index is 12.9. The molecule has 1 N–H and O–H groups in total. The highest BCUT2D eigenvalue weighted by Crippen LogP contribution is 2.29. The third kappa shape index (κ3) is 4.32. The van der Waals surface area contributed by atoms with E-state index >= 15 is 0 Å². The van der Waals surface area contributed by atoms with Crippen LogP contribution < -0.4 is 5.32 Å². The van der Waals surface area contributed by atoms with Crippen molar-refractivity contribution in [1.82, 2.24) is 24.5 Å². The molecular formula is C27H26N6O. The van der Waals surface area contributed by atoms with Gasteiger partial charge in [0.15, 0.2) is 5.65 Å². The van der Waals surface area contributed by atoms with E-state index in [1.807, 2.05) is 74.0 Å². The molecule has 170 valence electrons. The van der Waals surface area contributed by atoms with Crippen LogP contribution in [0.4, 0.5) is 5.69 Å². The van der Waals surface area contributed by atoms with Crippen molar-refractivity contribution in [3.8, 4) is 11.1 Å². The fourth-order valence-electron chi connectivity index (χ4n) is 4.34. The summed E-state index contributed by atoms with van der Waals surface area (Å²) >= 11 is 0. The molecule has 5 rings (SSSR count). The van der Waals surface area contributed by atoms with Crippen LogP contribution in [-0.4, -0.2) is 30.5 Å². The van der Waals surface area contributed by atoms with Crippen LogP contribution in [0.2, 0.25) is 0 Å². The van der Waals surface area contributed by atoms with Crippen molar-refractivity contribution in [1.29, 1.82) is 0 Å². The molecule has 3 heterocycles. The number of hydrogen-bond acceptors (Lipinski definition) is 4. The van der Waals surface area contributed by atoms with E-state index in [0.717, 1.165) is 44.8 Å². The fraction of sp³-hybridized carbons (Fsp3) is 0.185. The summed E-state index contributed by atoms with van der Waals surface area (Å²) in [7, 11) is 0. The number of carbonyl (C=O) groups excluding carboxylic acids is 1. The monoisotopic (exact) mass is 450 g/mol. The van der Waals surface area contributed by atoms with Gasteiger partial charge in [-0.15, -0.1) is 0 Å². The summed E-state index contributed by atoms with van der Waals surface area (Å²) in [5.74, 6) is -0.153. The van der Waals surface area contributed by atoms with Crippen molar-refractivity contribution >= 4 is 22.6 Å². The maximum Gasteiger partial charge on any atom is 0.246 e. The lowest BCUT2D eigenvalue weighted by Gasteiger charge is -2.09. The Morgan fingerprint density at radius 2 is 1.74 bits per heavy atom. The number of aryl methyl sites for hydroxylation is 3. The van der Waals surface area contributed by atoms with Gasteiger partial charge in [0.25, 0.3) is 0 Å². The molecule has 0 saturated heterocycles. The van der Waals surface area contributed by atoms with Gasteiger partial charge in [-0.05, 0) is 61.7 Å². The van der Waals surface area contributed by atoms with Gasteiger partial charge in [0.2, 0.25) is 5.91 Å². The Morgan fingerprint density at radius 1 is 0.912 bits per heavy atom. The van der Waals surface area contributed by atoms with Gasteiger partial charge in [-0.1, -0.05) is 42.5 Å². The molecule has 0 radical (unpaired) electrons. The van der Waals surface area contributed by atoms with Gasteiger partial charge in [-0.25, -0.2) is 9.67 Å². The number of rotatable bonds is 6. The minimum absolute atomic E-state index is 0.0806. The summed E-state index contributed by atoms with van der Waals surface area (Å²) in [5, 5.41) is 13.1. The van der Waals surface area contributed by atoms with Crippen LogP contribution in [0.1, 0.15) is 22.6 Å². The van der Waals surface area contributed by atoms with Crippen LogP contribution in [0.5, 0.6) is 0 Å². The Bertz CT molecular complexity index is 1480. The second-order valence-corrected chi connectivity index (χ2v) is 8.50. The van der Waals surface area contributed by atoms with E-state index in [2.05, 4.69) is 38.7 Å². The lowest BCUT2D eigenvalue weighted by Crippen LogP contribution is -2.20. The number of aromatic nitrogens is 5. The number of fused-ring (bicyclic) bond motifs is 1. The first-order valence-electron chi connectivity index (χ1n) is 11.3. The first-order chi connectivity index (χ1) is 16.5. The Labute approximate surface area is 198 Å². The minimum atomic E-state index is -0.153. The molecule has 0 atom stereocenters. The normalized spacial score (nSPS) is 11.1. The van der Waals surface area contributed by atoms with Gasteiger partial charge >= 0.3 is 0 Å². The van der Waals surface area contributed by atoms with Crippen molar-refractivity contribution in [3.05, 3.63) is 95.6 Å². The summed E-state index contributed by atoms with van der Waals surface area (Å²) < 4.78 is 3.64. The molecule has 0 aliphatic carbocycles. The molecule has 0 aliphatic heterocycles. The number of carbonyl (C=O) groups is 1. The van der Waals surface area contributed by atoms with Crippen LogP contribution in [0, 0.1) is 20.8 Å². The Hall–Kier alpha value is -4.26. The van der Waals surface area contributed by atoms with Gasteiger partial charge in [-0.3, -0.25) is 9.48 Å². The summed E-state index contributed by atoms with van der Waals surface area (Å²) in [6, 6.07) is 22.0. The molecule has 0 spiro atoms. The predicted molar refractivity (Wildman–Crippen MR) is 134 cm³/mol. The summed E-state index contributed by atoms with van der Waals surface area (Å²) in [4.78, 5) is 17.4. The van der Waals surface area contributed by atoms with Crippen LogP contribution in [0.15, 0.2) is 72.9 Å². The molecular weight excluding hydrogens is 424 g/mol. The number of benzene rings is 2. The largest absolute Gasteiger partial charge is 0.324 e. The van der Waals surface area contributed by atoms with Crippen molar-refractivity contribution in [3.63, 3.8) is 0 Å². The lowest BCUT2D eigenvalue weighted by atomic mass is 10.0. The molecule has 3 aromatic heterocycles. The van der Waals surface area contributed by atoms with E-state index in [4.69, 9.17) is 0 Å². The topological polar surface area (TPSA) is 77.6 Å². The third-order valence-corrected chi connectivity index (χ3v) is 5.83. The Balaban J connectivity index is 1.35. The summed E-state index contributed by atoms with van der Waals surface area (Å²) in [5.41, 5.74) is 7.62. The van der Waals surface area contributed by atoms with Crippen molar-refractivity contribution in [2.75, 3.05) is 5.32 Å². The first-order valence-corrected chi connectivity index (χ1v) is 11.3. The van der Waals surface area contributed by atoms with Crippen LogP contribution in [-0.2, 0) is 17.9 Å². The zero-order chi connectivity index (χ0) is 23.7. The van der Waals surface area contributed by atoms with E-state index in [1.165, 1.54) is 0 Å². The van der Waals surface area contributed by atoms with E-state index in [1.54, 1.807) is 10.9 Å². The molecule has 0 unspecified atom stereocenters. The number of anilines is 1. The van der Waals surface area contributed by atoms with Crippen LogP contribution in [0.3, 0.4) is 0 Å². The Kier molecular flexibility index (Phi) is 5.67. The van der Waals surface area contributed by atoms with E-state index in [-0.39, 0.29) is 12.5 Å². The zero-order valence-corrected chi connectivity index (χ0v) is 19.5. The molecule has 7 nitrogen and oxygen atoms in total. The molecule has 7 heteroatoms. The third-order valence-electron chi connectivity index (χ3n) is 5.83. The lowest BCUT2D eigenvalue weighted by molar-refractivity contribution is -0.116. The van der Waals surface area contributed by atoms with Gasteiger partial charge < -0.3 is 5.32 Å². The van der Waals surface area contributed by atoms with Crippen LogP contribution in [0.25, 0.3) is 22.2 Å². The predicted octanol–water partition coefficient (Wildman–Crippen LogP) is 4.91. The molecule has 0 bridgehead atoms. The zero-order valence-electron chi connectivity index (χ0n) is 19.5. The molecule has 5 aromatic rings. The van der Waals surface area contributed by atoms with Gasteiger partial charge in [0.1, 0.15) is 6.54 Å². The minimum Gasteiger partial charge on any atom is -0.324 e. The van der Waals surface area contributed by atoms with E-state index in [0.29, 0.717) is 12.2 Å². The smallest absolute Gasteiger partial charge is 0.246 e. The highest BCUT2D eigenvalue weighted by molar-refractivity contribution is 5.96. The number of nitrogens with zero attached hydrogens (tertiary/aromatic N) is 5. The summed E-state index contributed by atoms with van der Waals surface area (Å²) in [6.45, 7) is 6.71. The van der Waals surface area contributed by atoms with Crippen LogP contribution >= 0.6 is 0 Å². The molecule has 34 heavy (non-hydrogen) atoms. The van der Waals surface area contributed by atoms with Gasteiger partial charge in [0, 0.05) is 23.0 Å². The highest BCUT2D eigenvalue weighted by atomic mass is 16.2. The van der Waals surface area contributed by atoms with E-state index in [9.17, 15) is 4.79 Å². The standard InChI is InChI=1S/C27H26N6O/c1-18-14-19(2)32(30-18)16-21-8-7-11-23(15-21)29-25(34)17-33-27-26(20(3)31-33)24(12-13-28-27)22-9-5-4-6-10-22/h4-15H,16-17H2,1-3H3,(H,29,34). The molecule has 0 aliphatic rings. The Morgan fingerprint density at radius 3 is 2.50 bits per heavy atom. The number of amides is 1. The highest BCUT2D eigenvalue weighted by Gasteiger charge is 2.16. The average Bonchev–Trinajstić information content (AvgIpc) is 3.31. The molecule has 1 amide bonds. The number of hydrogen-bond donors (Lipinski definition) is 1. The summed E-state index contributed by atoms with van der Waals surface area (Å²) in [6.07, 6.45) is 1.77. The second-order valence-electron chi connectivity index (χ2n) is 8.50.